The van der Waals surface area contributed by atoms with E-state index in [1.165, 1.54) is 36.3 Å². The minimum absolute atomic E-state index is 0.00661. The summed E-state index contributed by atoms with van der Waals surface area (Å²) >= 11 is 0. The van der Waals surface area contributed by atoms with Crippen LogP contribution in [0.25, 0.3) is 0 Å². The van der Waals surface area contributed by atoms with Crippen LogP contribution in [0.3, 0.4) is 0 Å². The second-order valence-electron chi connectivity index (χ2n) is 8.18. The molecule has 0 bridgehead atoms. The van der Waals surface area contributed by atoms with Gasteiger partial charge in [0.2, 0.25) is 21.8 Å². The maximum atomic E-state index is 13.6. The van der Waals surface area contributed by atoms with E-state index in [0.29, 0.717) is 12.0 Å². The Morgan fingerprint density at radius 2 is 1.71 bits per heavy atom. The van der Waals surface area contributed by atoms with E-state index >= 15 is 0 Å². The summed E-state index contributed by atoms with van der Waals surface area (Å²) in [5.41, 5.74) is 0.816. The highest BCUT2D eigenvalue weighted by atomic mass is 32.2. The first kappa shape index (κ1) is 27.1. The normalized spacial score (nSPS) is 12.2. The number of amides is 2. The summed E-state index contributed by atoms with van der Waals surface area (Å²) in [7, 11) is -2.47. The second kappa shape index (κ2) is 11.8. The molecular formula is C24H32FN3O5S. The van der Waals surface area contributed by atoms with Gasteiger partial charge in [0.15, 0.2) is 0 Å². The van der Waals surface area contributed by atoms with Crippen molar-refractivity contribution in [1.29, 1.82) is 0 Å². The van der Waals surface area contributed by atoms with Crippen LogP contribution in [0.5, 0.6) is 5.75 Å². The molecule has 1 atom stereocenters. The molecule has 0 spiro atoms. The van der Waals surface area contributed by atoms with Crippen LogP contribution >= 0.6 is 0 Å². The summed E-state index contributed by atoms with van der Waals surface area (Å²) in [6, 6.07) is 11.1. The Hall–Kier alpha value is -3.14. The number of hydrogen-bond acceptors (Lipinski definition) is 5. The second-order valence-corrected chi connectivity index (χ2v) is 10.1. The molecule has 0 aliphatic heterocycles. The van der Waals surface area contributed by atoms with Crippen molar-refractivity contribution >= 4 is 27.5 Å². The van der Waals surface area contributed by atoms with Crippen LogP contribution in [0.2, 0.25) is 0 Å². The highest BCUT2D eigenvalue weighted by Crippen LogP contribution is 2.29. The van der Waals surface area contributed by atoms with Crippen molar-refractivity contribution in [1.82, 2.24) is 10.2 Å². The third-order valence-electron chi connectivity index (χ3n) is 5.12. The molecule has 10 heteroatoms. The van der Waals surface area contributed by atoms with Gasteiger partial charge in [-0.2, -0.15) is 0 Å². The number of carbonyl (C=O) groups is 2. The molecule has 0 aliphatic rings. The highest BCUT2D eigenvalue weighted by molar-refractivity contribution is 7.92. The lowest BCUT2D eigenvalue weighted by atomic mass is 10.1. The molecule has 0 aromatic heterocycles. The number of anilines is 1. The summed E-state index contributed by atoms with van der Waals surface area (Å²) in [6.07, 6.45) is 1.30. The maximum absolute atomic E-state index is 13.6. The van der Waals surface area contributed by atoms with E-state index in [2.05, 4.69) is 5.32 Å². The molecule has 1 N–H and O–H groups in total. The van der Waals surface area contributed by atoms with Crippen molar-refractivity contribution in [2.45, 2.75) is 45.8 Å². The van der Waals surface area contributed by atoms with E-state index in [0.717, 1.165) is 10.6 Å². The molecule has 8 nitrogen and oxygen atoms in total. The van der Waals surface area contributed by atoms with Crippen LogP contribution in [-0.2, 0) is 26.2 Å². The van der Waals surface area contributed by atoms with Crippen molar-refractivity contribution in [2.75, 3.05) is 24.2 Å². The van der Waals surface area contributed by atoms with E-state index < -0.39 is 34.3 Å². The van der Waals surface area contributed by atoms with Crippen LogP contribution in [-0.4, -0.2) is 57.1 Å². The zero-order valence-corrected chi connectivity index (χ0v) is 20.9. The Morgan fingerprint density at radius 3 is 2.24 bits per heavy atom. The number of sulfonamides is 1. The first-order valence-electron chi connectivity index (χ1n) is 10.9. The van der Waals surface area contributed by atoms with Gasteiger partial charge in [-0.1, -0.05) is 31.2 Å². The molecule has 0 radical (unpaired) electrons. The molecule has 2 rings (SSSR count). The number of para-hydroxylation sites is 2. The Bertz CT molecular complexity index is 1090. The molecule has 0 saturated heterocycles. The molecule has 2 amide bonds. The van der Waals surface area contributed by atoms with Crippen molar-refractivity contribution in [3.63, 3.8) is 0 Å². The smallest absolute Gasteiger partial charge is 0.244 e. The van der Waals surface area contributed by atoms with Crippen molar-refractivity contribution in [2.24, 2.45) is 0 Å². The molecule has 0 saturated carbocycles. The number of hydrogen-bond donors (Lipinski definition) is 1. The van der Waals surface area contributed by atoms with Crippen LogP contribution in [0.4, 0.5) is 10.1 Å². The lowest BCUT2D eigenvalue weighted by molar-refractivity contribution is -0.140. The SMILES string of the molecule is CCC(C(=O)NC(C)C)N(Cc1ccc(F)cc1)C(=O)CN(c1ccccc1OC)S(C)(=O)=O. The number of carbonyl (C=O) groups excluding carboxylic acids is 2. The molecule has 0 fully saturated rings. The average molecular weight is 494 g/mol. The summed E-state index contributed by atoms with van der Waals surface area (Å²) < 4.78 is 45.0. The third-order valence-corrected chi connectivity index (χ3v) is 6.24. The van der Waals surface area contributed by atoms with E-state index in [1.807, 2.05) is 13.8 Å². The number of nitrogens with one attached hydrogen (secondary N) is 1. The zero-order valence-electron chi connectivity index (χ0n) is 20.1. The molecule has 2 aromatic rings. The molecule has 0 aliphatic carbocycles. The summed E-state index contributed by atoms with van der Waals surface area (Å²) in [6.45, 7) is 4.86. The van der Waals surface area contributed by atoms with Gasteiger partial charge < -0.3 is 15.0 Å². The Labute approximate surface area is 200 Å². The molecule has 34 heavy (non-hydrogen) atoms. The quantitative estimate of drug-likeness (QED) is 0.519. The summed E-state index contributed by atoms with van der Waals surface area (Å²) in [4.78, 5) is 27.8. The predicted octanol–water partition coefficient (Wildman–Crippen LogP) is 2.93. The van der Waals surface area contributed by atoms with Crippen LogP contribution in [0, 0.1) is 5.82 Å². The molecule has 2 aromatic carbocycles. The number of rotatable bonds is 11. The van der Waals surface area contributed by atoms with E-state index in [1.54, 1.807) is 31.2 Å². The number of nitrogens with zero attached hydrogens (tertiary/aromatic N) is 2. The Kier molecular flexibility index (Phi) is 9.43. The fourth-order valence-corrected chi connectivity index (χ4v) is 4.37. The van der Waals surface area contributed by atoms with Crippen molar-refractivity contribution in [3.8, 4) is 5.75 Å². The molecular weight excluding hydrogens is 461 g/mol. The van der Waals surface area contributed by atoms with Gasteiger partial charge in [0.05, 0.1) is 19.1 Å². The van der Waals surface area contributed by atoms with Crippen LogP contribution < -0.4 is 14.4 Å². The lowest BCUT2D eigenvalue weighted by Gasteiger charge is -2.33. The fourth-order valence-electron chi connectivity index (χ4n) is 3.52. The number of benzene rings is 2. The van der Waals surface area contributed by atoms with Gasteiger partial charge >= 0.3 is 0 Å². The number of ether oxygens (including phenoxy) is 1. The van der Waals surface area contributed by atoms with E-state index in [9.17, 15) is 22.4 Å². The predicted molar refractivity (Wildman–Crippen MR) is 129 cm³/mol. The summed E-state index contributed by atoms with van der Waals surface area (Å²) in [5, 5.41) is 2.81. The first-order valence-corrected chi connectivity index (χ1v) is 12.8. The summed E-state index contributed by atoms with van der Waals surface area (Å²) in [5.74, 6) is -1.07. The molecule has 1 unspecified atom stereocenters. The standard InChI is InChI=1S/C24H32FN3O5S/c1-6-20(24(30)26-17(2)3)27(15-18-11-13-19(25)14-12-18)23(29)16-28(34(5,31)32)21-9-7-8-10-22(21)33-4/h7-14,17,20H,6,15-16H2,1-5H3,(H,26,30). The number of methoxy groups -OCH3 is 1. The van der Waals surface area contributed by atoms with Crippen molar-refractivity contribution < 1.29 is 27.1 Å². The van der Waals surface area contributed by atoms with Crippen LogP contribution in [0.15, 0.2) is 48.5 Å². The topological polar surface area (TPSA) is 96.0 Å². The van der Waals surface area contributed by atoms with E-state index in [4.69, 9.17) is 4.74 Å². The highest BCUT2D eigenvalue weighted by Gasteiger charge is 2.32. The van der Waals surface area contributed by atoms with Gasteiger partial charge in [0.25, 0.3) is 0 Å². The largest absolute Gasteiger partial charge is 0.495 e. The van der Waals surface area contributed by atoms with Gasteiger partial charge in [-0.3, -0.25) is 13.9 Å². The minimum Gasteiger partial charge on any atom is -0.495 e. The maximum Gasteiger partial charge on any atom is 0.244 e. The Morgan fingerprint density at radius 1 is 1.09 bits per heavy atom. The lowest BCUT2D eigenvalue weighted by Crippen LogP contribution is -2.53. The first-order chi connectivity index (χ1) is 16.0. The van der Waals surface area contributed by atoms with Gasteiger partial charge in [-0.15, -0.1) is 0 Å². The van der Waals surface area contributed by atoms with Crippen molar-refractivity contribution in [3.05, 3.63) is 59.9 Å². The zero-order chi connectivity index (χ0) is 25.5. The number of halogens is 1. The van der Waals surface area contributed by atoms with Crippen LogP contribution in [0.1, 0.15) is 32.8 Å². The van der Waals surface area contributed by atoms with Gasteiger partial charge in [0.1, 0.15) is 24.2 Å². The fraction of sp³-hybridized carbons (Fsp3) is 0.417. The average Bonchev–Trinajstić information content (AvgIpc) is 2.77. The third kappa shape index (κ3) is 7.18. The van der Waals surface area contributed by atoms with E-state index in [-0.39, 0.29) is 29.9 Å². The minimum atomic E-state index is -3.87. The monoisotopic (exact) mass is 493 g/mol. The molecule has 0 heterocycles. The van der Waals surface area contributed by atoms with Gasteiger partial charge in [-0.25, -0.2) is 12.8 Å². The Balaban J connectivity index is 2.47. The molecule has 186 valence electrons. The van der Waals surface area contributed by atoms with Gasteiger partial charge in [0, 0.05) is 12.6 Å². The van der Waals surface area contributed by atoms with Gasteiger partial charge in [-0.05, 0) is 50.1 Å².